The highest BCUT2D eigenvalue weighted by Gasteiger charge is 2.29. The zero-order chi connectivity index (χ0) is 9.80. The van der Waals surface area contributed by atoms with Gasteiger partial charge < -0.3 is 0 Å². The van der Waals surface area contributed by atoms with Crippen LogP contribution in [0.5, 0.6) is 0 Å². The van der Waals surface area contributed by atoms with Gasteiger partial charge in [-0.25, -0.2) is 0 Å². The Hall–Kier alpha value is -0.520. The first kappa shape index (κ1) is 10.0. The molecule has 0 nitrogen and oxygen atoms in total. The van der Waals surface area contributed by atoms with Crippen LogP contribution in [0, 0.1) is 11.8 Å². The quantitative estimate of drug-likeness (QED) is 0.443. The maximum absolute atomic E-state index is 2.53. The molecule has 2 aliphatic rings. The lowest BCUT2D eigenvalue weighted by Crippen LogP contribution is -1.92. The number of rotatable bonds is 5. The van der Waals surface area contributed by atoms with Gasteiger partial charge in [0.2, 0.25) is 0 Å². The van der Waals surface area contributed by atoms with E-state index in [0.717, 1.165) is 11.8 Å². The molecule has 2 rings (SSSR count). The van der Waals surface area contributed by atoms with E-state index in [2.05, 4.69) is 25.2 Å². The monoisotopic (exact) mass is 190 g/mol. The highest BCUT2D eigenvalue weighted by molar-refractivity contribution is 5.26. The summed E-state index contributed by atoms with van der Waals surface area (Å²) >= 11 is 0. The zero-order valence-corrected chi connectivity index (χ0v) is 9.34. The molecule has 2 aliphatic carbocycles. The van der Waals surface area contributed by atoms with Crippen molar-refractivity contribution < 1.29 is 0 Å². The van der Waals surface area contributed by atoms with E-state index in [0.29, 0.717) is 0 Å². The lowest BCUT2D eigenvalue weighted by Gasteiger charge is -2.07. The molecule has 0 spiro atoms. The average molecular weight is 190 g/mol. The first-order valence-electron chi connectivity index (χ1n) is 6.27. The van der Waals surface area contributed by atoms with Crippen molar-refractivity contribution in [1.29, 1.82) is 0 Å². The van der Waals surface area contributed by atoms with E-state index in [1.807, 2.05) is 0 Å². The fraction of sp³-hybridized carbons (Fsp3) is 0.714. The van der Waals surface area contributed by atoms with E-state index in [1.54, 1.807) is 5.57 Å². The summed E-state index contributed by atoms with van der Waals surface area (Å²) < 4.78 is 0. The molecule has 2 atom stereocenters. The minimum Gasteiger partial charge on any atom is -0.0847 e. The Kier molecular flexibility index (Phi) is 3.44. The molecule has 1 saturated carbocycles. The number of hydrogen-bond donors (Lipinski definition) is 0. The Morgan fingerprint density at radius 1 is 1.29 bits per heavy atom. The van der Waals surface area contributed by atoms with E-state index in [4.69, 9.17) is 0 Å². The topological polar surface area (TPSA) is 0 Å². The van der Waals surface area contributed by atoms with Gasteiger partial charge in [0.05, 0.1) is 0 Å². The molecule has 78 valence electrons. The third-order valence-corrected chi connectivity index (χ3v) is 3.61. The standard InChI is InChI=1S/C14H22/c1-2-3-4-5-6-7-13-10-12-8-9-14(13)11-12/h7-9,12,14H,2-6,10-11H2,1H3. The van der Waals surface area contributed by atoms with Crippen LogP contribution < -0.4 is 0 Å². The SMILES string of the molecule is CCCCCCC=C1CC2C=CC1C2. The van der Waals surface area contributed by atoms with E-state index in [9.17, 15) is 0 Å². The van der Waals surface area contributed by atoms with Crippen molar-refractivity contribution in [2.24, 2.45) is 11.8 Å². The van der Waals surface area contributed by atoms with Crippen molar-refractivity contribution >= 4 is 0 Å². The summed E-state index contributed by atoms with van der Waals surface area (Å²) in [5, 5.41) is 0. The lowest BCUT2D eigenvalue weighted by molar-refractivity contribution is 0.670. The summed E-state index contributed by atoms with van der Waals surface area (Å²) in [5.41, 5.74) is 1.74. The van der Waals surface area contributed by atoms with Crippen LogP contribution in [-0.4, -0.2) is 0 Å². The molecule has 0 aromatic rings. The second-order valence-electron chi connectivity index (χ2n) is 4.82. The second-order valence-corrected chi connectivity index (χ2v) is 4.82. The van der Waals surface area contributed by atoms with E-state index < -0.39 is 0 Å². The van der Waals surface area contributed by atoms with Crippen LogP contribution in [0.25, 0.3) is 0 Å². The van der Waals surface area contributed by atoms with E-state index >= 15 is 0 Å². The Morgan fingerprint density at radius 3 is 2.86 bits per heavy atom. The molecule has 2 bridgehead atoms. The lowest BCUT2D eigenvalue weighted by atomic mass is 9.99. The number of unbranched alkanes of at least 4 members (excludes halogenated alkanes) is 4. The average Bonchev–Trinajstić information content (AvgIpc) is 2.79. The molecule has 14 heavy (non-hydrogen) atoms. The first-order chi connectivity index (χ1) is 6.90. The molecule has 0 aliphatic heterocycles. The van der Waals surface area contributed by atoms with Crippen molar-refractivity contribution in [2.75, 3.05) is 0 Å². The minimum atomic E-state index is 0.839. The van der Waals surface area contributed by atoms with Gasteiger partial charge in [-0.1, -0.05) is 50.0 Å². The third-order valence-electron chi connectivity index (χ3n) is 3.61. The Bertz CT molecular complexity index is 234. The van der Waals surface area contributed by atoms with Crippen molar-refractivity contribution in [3.05, 3.63) is 23.8 Å². The number of fused-ring (bicyclic) bond motifs is 2. The van der Waals surface area contributed by atoms with Gasteiger partial charge in [-0.2, -0.15) is 0 Å². The number of allylic oxidation sites excluding steroid dienone is 4. The van der Waals surface area contributed by atoms with Crippen LogP contribution in [-0.2, 0) is 0 Å². The minimum absolute atomic E-state index is 0.839. The molecule has 0 N–H and O–H groups in total. The van der Waals surface area contributed by atoms with E-state index in [-0.39, 0.29) is 0 Å². The van der Waals surface area contributed by atoms with Gasteiger partial charge >= 0.3 is 0 Å². The van der Waals surface area contributed by atoms with Crippen LogP contribution in [0.15, 0.2) is 23.8 Å². The maximum Gasteiger partial charge on any atom is -0.00173 e. The van der Waals surface area contributed by atoms with Gasteiger partial charge in [0, 0.05) is 0 Å². The van der Waals surface area contributed by atoms with Crippen LogP contribution >= 0.6 is 0 Å². The zero-order valence-electron chi connectivity index (χ0n) is 9.34. The summed E-state index contributed by atoms with van der Waals surface area (Å²) in [6.07, 6.45) is 17.1. The predicted octanol–water partition coefficient (Wildman–Crippen LogP) is 4.48. The molecule has 0 heterocycles. The summed E-state index contributed by atoms with van der Waals surface area (Å²) in [6.45, 7) is 2.28. The van der Waals surface area contributed by atoms with Crippen molar-refractivity contribution in [1.82, 2.24) is 0 Å². The summed E-state index contributed by atoms with van der Waals surface area (Å²) in [7, 11) is 0. The van der Waals surface area contributed by atoms with E-state index in [1.165, 1.54) is 44.9 Å². The Labute approximate surface area is 88.1 Å². The Balaban J connectivity index is 1.69. The van der Waals surface area contributed by atoms with Gasteiger partial charge in [-0.3, -0.25) is 0 Å². The molecule has 0 saturated heterocycles. The normalized spacial score (nSPS) is 31.9. The summed E-state index contributed by atoms with van der Waals surface area (Å²) in [4.78, 5) is 0. The molecule has 0 radical (unpaired) electrons. The second kappa shape index (κ2) is 4.82. The highest BCUT2D eigenvalue weighted by atomic mass is 14.3. The largest absolute Gasteiger partial charge is 0.0847 e. The van der Waals surface area contributed by atoms with Crippen LogP contribution in [0.1, 0.15) is 51.9 Å². The third kappa shape index (κ3) is 2.29. The van der Waals surface area contributed by atoms with Crippen LogP contribution in [0.4, 0.5) is 0 Å². The molecule has 0 aromatic heterocycles. The maximum atomic E-state index is 2.53. The molecule has 0 heteroatoms. The summed E-state index contributed by atoms with van der Waals surface area (Å²) in [6, 6.07) is 0. The molecular formula is C14H22. The van der Waals surface area contributed by atoms with Gasteiger partial charge in [-0.05, 0) is 37.5 Å². The van der Waals surface area contributed by atoms with Crippen LogP contribution in [0.2, 0.25) is 0 Å². The fourth-order valence-corrected chi connectivity index (χ4v) is 2.75. The summed E-state index contributed by atoms with van der Waals surface area (Å²) in [5.74, 6) is 1.74. The highest BCUT2D eigenvalue weighted by Crippen LogP contribution is 2.43. The fourth-order valence-electron chi connectivity index (χ4n) is 2.75. The first-order valence-corrected chi connectivity index (χ1v) is 6.27. The van der Waals surface area contributed by atoms with Crippen molar-refractivity contribution in [3.63, 3.8) is 0 Å². The van der Waals surface area contributed by atoms with Gasteiger partial charge in [0.25, 0.3) is 0 Å². The molecular weight excluding hydrogens is 168 g/mol. The van der Waals surface area contributed by atoms with Gasteiger partial charge in [0.15, 0.2) is 0 Å². The Morgan fingerprint density at radius 2 is 2.21 bits per heavy atom. The molecule has 0 aromatic carbocycles. The number of hydrogen-bond acceptors (Lipinski definition) is 0. The molecule has 2 unspecified atom stereocenters. The predicted molar refractivity (Wildman–Crippen MR) is 62.2 cm³/mol. The smallest absolute Gasteiger partial charge is 0.00173 e. The van der Waals surface area contributed by atoms with Gasteiger partial charge in [0.1, 0.15) is 0 Å². The molecule has 0 amide bonds. The molecule has 1 fully saturated rings. The van der Waals surface area contributed by atoms with Crippen molar-refractivity contribution in [3.8, 4) is 0 Å². The van der Waals surface area contributed by atoms with Crippen molar-refractivity contribution in [2.45, 2.75) is 51.9 Å². The van der Waals surface area contributed by atoms with Gasteiger partial charge in [-0.15, -0.1) is 0 Å². The van der Waals surface area contributed by atoms with Crippen LogP contribution in [0.3, 0.4) is 0 Å².